The van der Waals surface area contributed by atoms with E-state index in [1.807, 2.05) is 0 Å². The number of unbranched alkanes of at least 4 members (excludes halogenated alkanes) is 3. The fourth-order valence-electron chi connectivity index (χ4n) is 1.46. The van der Waals surface area contributed by atoms with Gasteiger partial charge in [-0.2, -0.15) is 4.80 Å². The van der Waals surface area contributed by atoms with Crippen LogP contribution in [0.2, 0.25) is 0 Å². The van der Waals surface area contributed by atoms with Crippen LogP contribution in [0.3, 0.4) is 0 Å². The Balaban J connectivity index is 2.29. The van der Waals surface area contributed by atoms with Crippen molar-refractivity contribution in [1.82, 2.24) is 20.2 Å². The molecule has 6 nitrogen and oxygen atoms in total. The third kappa shape index (κ3) is 5.42. The Hall–Kier alpha value is -1.46. The number of nitrogens with zero attached hydrogens (tertiary/aromatic N) is 4. The van der Waals surface area contributed by atoms with Gasteiger partial charge in [-0.25, -0.2) is 0 Å². The van der Waals surface area contributed by atoms with Gasteiger partial charge < -0.3 is 4.74 Å². The highest BCUT2D eigenvalue weighted by Gasteiger charge is 2.09. The van der Waals surface area contributed by atoms with E-state index in [2.05, 4.69) is 22.3 Å². The summed E-state index contributed by atoms with van der Waals surface area (Å²) in [5.41, 5.74) is 0. The Labute approximate surface area is 101 Å². The molecule has 17 heavy (non-hydrogen) atoms. The number of rotatable bonds is 8. The fraction of sp³-hybridized carbons (Fsp3) is 0.818. The molecule has 0 saturated carbocycles. The summed E-state index contributed by atoms with van der Waals surface area (Å²) in [5, 5.41) is 11.8. The minimum Gasteiger partial charge on any atom is -0.466 e. The average molecular weight is 240 g/mol. The van der Waals surface area contributed by atoms with Gasteiger partial charge in [0.25, 0.3) is 0 Å². The first-order valence-corrected chi connectivity index (χ1v) is 6.18. The van der Waals surface area contributed by atoms with Crippen LogP contribution in [-0.2, 0) is 22.5 Å². The van der Waals surface area contributed by atoms with Crippen LogP contribution in [0.1, 0.15) is 45.4 Å². The molecule has 0 bridgehead atoms. The molecule has 0 radical (unpaired) electrons. The van der Waals surface area contributed by atoms with Gasteiger partial charge in [0, 0.05) is 0 Å². The third-order valence-corrected chi connectivity index (χ3v) is 2.31. The molecule has 1 heterocycles. The van der Waals surface area contributed by atoms with E-state index in [4.69, 9.17) is 4.74 Å². The molecule has 0 fully saturated rings. The van der Waals surface area contributed by atoms with Gasteiger partial charge in [-0.05, 0) is 18.6 Å². The lowest BCUT2D eigenvalue weighted by atomic mass is 10.2. The molecule has 0 aromatic carbocycles. The molecule has 6 heteroatoms. The summed E-state index contributed by atoms with van der Waals surface area (Å²) in [6, 6.07) is 0. The monoisotopic (exact) mass is 240 g/mol. The quantitative estimate of drug-likeness (QED) is 0.507. The van der Waals surface area contributed by atoms with Crippen molar-refractivity contribution in [3.63, 3.8) is 0 Å². The van der Waals surface area contributed by atoms with Crippen molar-refractivity contribution in [3.05, 3.63) is 5.82 Å². The number of hydrogen-bond acceptors (Lipinski definition) is 5. The van der Waals surface area contributed by atoms with Crippen LogP contribution >= 0.6 is 0 Å². The number of ether oxygens (including phenoxy) is 1. The van der Waals surface area contributed by atoms with Gasteiger partial charge >= 0.3 is 5.97 Å². The molecule has 0 aliphatic heterocycles. The maximum absolute atomic E-state index is 11.2. The van der Waals surface area contributed by atoms with Crippen LogP contribution in [0.4, 0.5) is 0 Å². The second-order valence-electron chi connectivity index (χ2n) is 3.84. The molecule has 0 saturated heterocycles. The molecular formula is C11H20N4O2. The van der Waals surface area contributed by atoms with E-state index in [-0.39, 0.29) is 12.4 Å². The lowest BCUT2D eigenvalue weighted by molar-refractivity contribution is -0.142. The first-order valence-electron chi connectivity index (χ1n) is 6.18. The Bertz CT molecular complexity index is 338. The number of esters is 1. The number of tetrazole rings is 1. The summed E-state index contributed by atoms with van der Waals surface area (Å²) in [6.07, 6.45) is 4.75. The normalized spacial score (nSPS) is 10.5. The lowest BCUT2D eigenvalue weighted by Gasteiger charge is -1.98. The maximum Gasteiger partial charge on any atom is 0.313 e. The zero-order valence-electron chi connectivity index (χ0n) is 10.6. The molecule has 0 spiro atoms. The minimum absolute atomic E-state index is 0.1000. The van der Waals surface area contributed by atoms with E-state index in [1.54, 1.807) is 11.7 Å². The molecular weight excluding hydrogens is 220 g/mol. The topological polar surface area (TPSA) is 69.9 Å². The van der Waals surface area contributed by atoms with Gasteiger partial charge in [-0.15, -0.1) is 10.2 Å². The first kappa shape index (κ1) is 13.6. The van der Waals surface area contributed by atoms with Crippen molar-refractivity contribution in [1.29, 1.82) is 0 Å². The van der Waals surface area contributed by atoms with Gasteiger partial charge in [0.1, 0.15) is 6.42 Å². The van der Waals surface area contributed by atoms with E-state index in [9.17, 15) is 4.79 Å². The minimum atomic E-state index is -0.307. The molecule has 0 aliphatic rings. The zero-order chi connectivity index (χ0) is 12.5. The molecule has 1 aromatic heterocycles. The highest BCUT2D eigenvalue weighted by atomic mass is 16.5. The number of hydrogen-bond donors (Lipinski definition) is 0. The second-order valence-corrected chi connectivity index (χ2v) is 3.84. The molecule has 0 aliphatic carbocycles. The summed E-state index contributed by atoms with van der Waals surface area (Å²) >= 11 is 0. The molecule has 0 amide bonds. The average Bonchev–Trinajstić information content (AvgIpc) is 2.72. The van der Waals surface area contributed by atoms with Crippen molar-refractivity contribution in [2.24, 2.45) is 0 Å². The van der Waals surface area contributed by atoms with Gasteiger partial charge in [0.15, 0.2) is 5.82 Å². The lowest BCUT2D eigenvalue weighted by Crippen LogP contribution is -2.09. The smallest absolute Gasteiger partial charge is 0.313 e. The highest BCUT2D eigenvalue weighted by Crippen LogP contribution is 2.00. The van der Waals surface area contributed by atoms with Crippen molar-refractivity contribution in [2.45, 2.75) is 52.5 Å². The van der Waals surface area contributed by atoms with E-state index in [0.717, 1.165) is 13.0 Å². The van der Waals surface area contributed by atoms with Crippen molar-refractivity contribution in [3.8, 4) is 0 Å². The van der Waals surface area contributed by atoms with Crippen molar-refractivity contribution < 1.29 is 9.53 Å². The molecule has 1 rings (SSSR count). The van der Waals surface area contributed by atoms with Crippen molar-refractivity contribution in [2.75, 3.05) is 6.61 Å². The number of aryl methyl sites for hydroxylation is 1. The molecule has 0 N–H and O–H groups in total. The predicted molar refractivity (Wildman–Crippen MR) is 62.3 cm³/mol. The molecule has 1 aromatic rings. The Morgan fingerprint density at radius 3 is 2.82 bits per heavy atom. The SMILES string of the molecule is CCCCCCn1nnc(CC(=O)OCC)n1. The summed E-state index contributed by atoms with van der Waals surface area (Å²) in [6.45, 7) is 5.08. The van der Waals surface area contributed by atoms with E-state index in [0.29, 0.717) is 12.4 Å². The first-order chi connectivity index (χ1) is 8.26. The van der Waals surface area contributed by atoms with E-state index >= 15 is 0 Å². The van der Waals surface area contributed by atoms with E-state index < -0.39 is 0 Å². The zero-order valence-corrected chi connectivity index (χ0v) is 10.6. The van der Waals surface area contributed by atoms with Crippen LogP contribution in [0, 0.1) is 0 Å². The predicted octanol–water partition coefficient (Wildman–Crippen LogP) is 1.36. The van der Waals surface area contributed by atoms with Gasteiger partial charge in [-0.3, -0.25) is 4.79 Å². The number of carbonyl (C=O) groups excluding carboxylic acids is 1. The summed E-state index contributed by atoms with van der Waals surface area (Å²) in [7, 11) is 0. The second kappa shape index (κ2) is 7.76. The van der Waals surface area contributed by atoms with Gasteiger partial charge in [0.2, 0.25) is 0 Å². The van der Waals surface area contributed by atoms with Crippen LogP contribution in [0.15, 0.2) is 0 Å². The van der Waals surface area contributed by atoms with Crippen LogP contribution in [0.5, 0.6) is 0 Å². The van der Waals surface area contributed by atoms with Crippen molar-refractivity contribution >= 4 is 5.97 Å². The van der Waals surface area contributed by atoms with E-state index in [1.165, 1.54) is 19.3 Å². The Morgan fingerprint density at radius 1 is 1.29 bits per heavy atom. The largest absolute Gasteiger partial charge is 0.466 e. The van der Waals surface area contributed by atoms with Gasteiger partial charge in [-0.1, -0.05) is 26.2 Å². The summed E-state index contributed by atoms with van der Waals surface area (Å²) in [4.78, 5) is 12.7. The summed E-state index contributed by atoms with van der Waals surface area (Å²) < 4.78 is 4.81. The fourth-order valence-corrected chi connectivity index (χ4v) is 1.46. The molecule has 0 unspecified atom stereocenters. The van der Waals surface area contributed by atoms with Gasteiger partial charge in [0.05, 0.1) is 13.2 Å². The summed E-state index contributed by atoms with van der Waals surface area (Å²) in [5.74, 6) is 0.122. The highest BCUT2D eigenvalue weighted by molar-refractivity contribution is 5.71. The number of aromatic nitrogens is 4. The number of carbonyl (C=O) groups is 1. The Kier molecular flexibility index (Phi) is 6.21. The third-order valence-electron chi connectivity index (χ3n) is 2.31. The van der Waals surface area contributed by atoms with Crippen LogP contribution < -0.4 is 0 Å². The van der Waals surface area contributed by atoms with Crippen LogP contribution in [0.25, 0.3) is 0 Å². The molecule has 0 atom stereocenters. The molecule has 96 valence electrons. The standard InChI is InChI=1S/C11H20N4O2/c1-3-5-6-7-8-15-13-10(12-14-15)9-11(16)17-4-2/h3-9H2,1-2H3. The Morgan fingerprint density at radius 2 is 2.12 bits per heavy atom. The van der Waals surface area contributed by atoms with Crippen LogP contribution in [-0.4, -0.2) is 32.8 Å². The maximum atomic E-state index is 11.2.